The van der Waals surface area contributed by atoms with Crippen LogP contribution in [-0.2, 0) is 9.31 Å². The zero-order chi connectivity index (χ0) is 13.7. The van der Waals surface area contributed by atoms with Crippen LogP contribution in [0.25, 0.3) is 0 Å². The average Bonchev–Trinajstić information content (AvgIpc) is 2.48. The molecule has 0 unspecified atom stereocenters. The monoisotopic (exact) mass is 264 g/mol. The molecule has 2 saturated carbocycles. The topological polar surface area (TPSA) is 18.5 Å². The average molecular weight is 264 g/mol. The van der Waals surface area contributed by atoms with Crippen molar-refractivity contribution < 1.29 is 9.31 Å². The van der Waals surface area contributed by atoms with Gasteiger partial charge in [-0.1, -0.05) is 38.5 Å². The van der Waals surface area contributed by atoms with E-state index in [1.165, 1.54) is 51.4 Å². The summed E-state index contributed by atoms with van der Waals surface area (Å²) in [5, 5.41) is 0.339. The smallest absolute Gasteiger partial charge is 0.403 e. The summed E-state index contributed by atoms with van der Waals surface area (Å²) in [7, 11) is 0.0364. The zero-order valence-electron chi connectivity index (χ0n) is 13.1. The van der Waals surface area contributed by atoms with Crippen molar-refractivity contribution in [1.82, 2.24) is 0 Å². The van der Waals surface area contributed by atoms with Gasteiger partial charge in [0.25, 0.3) is 0 Å². The first kappa shape index (κ1) is 13.9. The molecule has 3 heteroatoms. The Hall–Kier alpha value is -0.0151. The lowest BCUT2D eigenvalue weighted by molar-refractivity contribution is 0.00578. The van der Waals surface area contributed by atoms with Gasteiger partial charge in [0.05, 0.1) is 11.2 Å². The molecule has 3 rings (SSSR count). The predicted molar refractivity (Wildman–Crippen MR) is 79.2 cm³/mol. The molecule has 0 aromatic heterocycles. The SMILES string of the molecule is CC1(C)OB(C2(C3CCCCC3)CCC2)OC1(C)C. The third-order valence-electron chi connectivity index (χ3n) is 6.43. The zero-order valence-corrected chi connectivity index (χ0v) is 13.1. The van der Waals surface area contributed by atoms with Gasteiger partial charge in [-0.3, -0.25) is 0 Å². The van der Waals surface area contributed by atoms with E-state index in [1.54, 1.807) is 0 Å². The molecule has 1 saturated heterocycles. The lowest BCUT2D eigenvalue weighted by atomic mass is 9.40. The summed E-state index contributed by atoms with van der Waals surface area (Å²) in [5.74, 6) is 0.838. The van der Waals surface area contributed by atoms with Crippen LogP contribution in [0.1, 0.15) is 79.1 Å². The number of rotatable bonds is 2. The third-order valence-corrected chi connectivity index (χ3v) is 6.43. The molecular weight excluding hydrogens is 235 g/mol. The molecule has 0 aromatic rings. The summed E-state index contributed by atoms with van der Waals surface area (Å²) < 4.78 is 12.8. The Balaban J connectivity index is 1.80. The fraction of sp³-hybridized carbons (Fsp3) is 1.00. The van der Waals surface area contributed by atoms with E-state index in [-0.39, 0.29) is 18.3 Å². The summed E-state index contributed by atoms with van der Waals surface area (Å²) in [5.41, 5.74) is -0.343. The van der Waals surface area contributed by atoms with E-state index in [4.69, 9.17) is 9.31 Å². The summed E-state index contributed by atoms with van der Waals surface area (Å²) in [6.07, 6.45) is 11.0. The summed E-state index contributed by atoms with van der Waals surface area (Å²) >= 11 is 0. The van der Waals surface area contributed by atoms with E-state index in [0.717, 1.165) is 5.92 Å². The van der Waals surface area contributed by atoms with Gasteiger partial charge in [0, 0.05) is 5.31 Å². The minimum Gasteiger partial charge on any atom is -0.403 e. The molecule has 0 spiro atoms. The van der Waals surface area contributed by atoms with E-state index in [0.29, 0.717) is 5.31 Å². The standard InChI is InChI=1S/C16H29BO2/c1-14(2)15(3,4)19-17(18-14)16(11-8-12-16)13-9-6-5-7-10-13/h13H,5-12H2,1-4H3. The van der Waals surface area contributed by atoms with Gasteiger partial charge in [0.1, 0.15) is 0 Å². The Kier molecular flexibility index (Phi) is 3.30. The Morgan fingerprint density at radius 2 is 1.32 bits per heavy atom. The molecule has 0 atom stereocenters. The number of hydrogen-bond donors (Lipinski definition) is 0. The van der Waals surface area contributed by atoms with Crippen molar-refractivity contribution in [1.29, 1.82) is 0 Å². The molecule has 0 aromatic carbocycles. The minimum absolute atomic E-state index is 0.0364. The summed E-state index contributed by atoms with van der Waals surface area (Å²) in [4.78, 5) is 0. The molecule has 3 aliphatic rings. The highest BCUT2D eigenvalue weighted by Crippen LogP contribution is 2.63. The predicted octanol–water partition coefficient (Wildman–Crippen LogP) is 4.58. The second-order valence-corrected chi connectivity index (χ2v) is 8.01. The van der Waals surface area contributed by atoms with Gasteiger partial charge in [-0.05, 0) is 46.5 Å². The van der Waals surface area contributed by atoms with Gasteiger partial charge in [-0.2, -0.15) is 0 Å². The Bertz CT molecular complexity index is 325. The van der Waals surface area contributed by atoms with Gasteiger partial charge in [-0.25, -0.2) is 0 Å². The molecule has 1 aliphatic heterocycles. The maximum Gasteiger partial charge on any atom is 0.464 e. The highest BCUT2D eigenvalue weighted by Gasteiger charge is 2.63. The summed E-state index contributed by atoms with van der Waals surface area (Å²) in [6.45, 7) is 8.72. The molecule has 19 heavy (non-hydrogen) atoms. The second-order valence-electron chi connectivity index (χ2n) is 8.01. The summed E-state index contributed by atoms with van der Waals surface area (Å²) in [6, 6.07) is 0. The molecule has 3 fully saturated rings. The Morgan fingerprint density at radius 3 is 1.74 bits per heavy atom. The van der Waals surface area contributed by atoms with Crippen molar-refractivity contribution in [2.24, 2.45) is 5.92 Å². The van der Waals surface area contributed by atoms with Crippen LogP contribution < -0.4 is 0 Å². The number of hydrogen-bond acceptors (Lipinski definition) is 2. The third kappa shape index (κ3) is 2.08. The van der Waals surface area contributed by atoms with Crippen molar-refractivity contribution in [2.75, 3.05) is 0 Å². The molecule has 0 bridgehead atoms. The first-order valence-corrected chi connectivity index (χ1v) is 8.23. The fourth-order valence-electron chi connectivity index (χ4n) is 4.18. The van der Waals surface area contributed by atoms with E-state index >= 15 is 0 Å². The first-order chi connectivity index (χ1) is 8.87. The van der Waals surface area contributed by atoms with Crippen LogP contribution in [0.2, 0.25) is 5.31 Å². The van der Waals surface area contributed by atoms with Crippen LogP contribution >= 0.6 is 0 Å². The van der Waals surface area contributed by atoms with Crippen LogP contribution in [0.15, 0.2) is 0 Å². The van der Waals surface area contributed by atoms with Crippen LogP contribution in [0.4, 0.5) is 0 Å². The lowest BCUT2D eigenvalue weighted by Gasteiger charge is -2.50. The van der Waals surface area contributed by atoms with Gasteiger partial charge in [0.2, 0.25) is 0 Å². The normalized spacial score (nSPS) is 33.2. The lowest BCUT2D eigenvalue weighted by Crippen LogP contribution is -2.46. The molecule has 0 radical (unpaired) electrons. The van der Waals surface area contributed by atoms with E-state index in [1.807, 2.05) is 0 Å². The molecule has 0 amide bonds. The maximum atomic E-state index is 6.40. The van der Waals surface area contributed by atoms with E-state index in [2.05, 4.69) is 27.7 Å². The first-order valence-electron chi connectivity index (χ1n) is 8.23. The molecule has 2 nitrogen and oxygen atoms in total. The van der Waals surface area contributed by atoms with Crippen molar-refractivity contribution >= 4 is 7.12 Å². The van der Waals surface area contributed by atoms with Gasteiger partial charge >= 0.3 is 7.12 Å². The molecular formula is C16H29BO2. The minimum atomic E-state index is -0.172. The molecule has 2 aliphatic carbocycles. The second kappa shape index (κ2) is 4.49. The van der Waals surface area contributed by atoms with Crippen molar-refractivity contribution in [3.05, 3.63) is 0 Å². The van der Waals surface area contributed by atoms with Crippen LogP contribution in [0.3, 0.4) is 0 Å². The molecule has 108 valence electrons. The van der Waals surface area contributed by atoms with Crippen molar-refractivity contribution in [3.8, 4) is 0 Å². The molecule has 0 N–H and O–H groups in total. The fourth-order valence-corrected chi connectivity index (χ4v) is 4.18. The maximum absolute atomic E-state index is 6.40. The van der Waals surface area contributed by atoms with E-state index < -0.39 is 0 Å². The highest BCUT2D eigenvalue weighted by molar-refractivity contribution is 6.50. The Morgan fingerprint density at radius 1 is 0.789 bits per heavy atom. The van der Waals surface area contributed by atoms with Crippen molar-refractivity contribution in [3.63, 3.8) is 0 Å². The van der Waals surface area contributed by atoms with Crippen LogP contribution in [0, 0.1) is 5.92 Å². The van der Waals surface area contributed by atoms with Crippen LogP contribution in [0.5, 0.6) is 0 Å². The quantitative estimate of drug-likeness (QED) is 0.679. The van der Waals surface area contributed by atoms with Gasteiger partial charge < -0.3 is 9.31 Å². The Labute approximate surface area is 118 Å². The van der Waals surface area contributed by atoms with Crippen molar-refractivity contribution in [2.45, 2.75) is 95.6 Å². The van der Waals surface area contributed by atoms with E-state index in [9.17, 15) is 0 Å². The van der Waals surface area contributed by atoms with Crippen LogP contribution in [-0.4, -0.2) is 18.3 Å². The van der Waals surface area contributed by atoms with Gasteiger partial charge in [0.15, 0.2) is 0 Å². The molecule has 1 heterocycles. The van der Waals surface area contributed by atoms with Gasteiger partial charge in [-0.15, -0.1) is 0 Å². The highest BCUT2D eigenvalue weighted by atomic mass is 16.7. The largest absolute Gasteiger partial charge is 0.464 e.